The number of aromatic nitrogens is 1. The van der Waals surface area contributed by atoms with Crippen molar-refractivity contribution in [1.82, 2.24) is 4.98 Å². The van der Waals surface area contributed by atoms with E-state index < -0.39 is 48.1 Å². The fourth-order valence-electron chi connectivity index (χ4n) is 1.44. The Bertz CT molecular complexity index is 506. The maximum Gasteiger partial charge on any atom is 0.573 e. The number of rotatable bonds is 5. The zero-order valence-corrected chi connectivity index (χ0v) is 10.3. The van der Waals surface area contributed by atoms with E-state index in [-0.39, 0.29) is 5.56 Å². The van der Waals surface area contributed by atoms with Crippen molar-refractivity contribution in [3.8, 4) is 5.75 Å². The molecule has 1 N–H and O–H groups in total. The Morgan fingerprint density at radius 2 is 2.05 bits per heavy atom. The van der Waals surface area contributed by atoms with Gasteiger partial charge >= 0.3 is 12.3 Å². The number of carbonyl (C=O) groups is 1. The molecule has 0 aliphatic carbocycles. The normalized spacial score (nSPS) is 11.8. The minimum atomic E-state index is -5.17. The summed E-state index contributed by atoms with van der Waals surface area (Å²) in [6.07, 6.45) is -8.82. The fraction of sp³-hybridized carbons (Fsp3) is 0.400. The van der Waals surface area contributed by atoms with Crippen molar-refractivity contribution in [2.45, 2.75) is 25.1 Å². The Hall–Kier alpha value is -1.64. The van der Waals surface area contributed by atoms with Gasteiger partial charge in [0, 0.05) is 17.3 Å². The lowest BCUT2D eigenvalue weighted by Gasteiger charge is -2.17. The highest BCUT2D eigenvalue weighted by Crippen LogP contribution is 2.35. The summed E-state index contributed by atoms with van der Waals surface area (Å²) in [5.41, 5.74) is -2.26. The smallest absolute Gasteiger partial charge is 0.481 e. The SMILES string of the molecule is O=C(O)Cc1c(C(F)F)ncc(CCl)c1OC(F)(F)F. The molecule has 0 atom stereocenters. The Morgan fingerprint density at radius 3 is 2.45 bits per heavy atom. The molecule has 0 aromatic carbocycles. The minimum absolute atomic E-state index is 0.329. The summed E-state index contributed by atoms with van der Waals surface area (Å²) in [6.45, 7) is 0. The molecule has 0 bridgehead atoms. The molecular formula is C10H7ClF5NO3. The first-order valence-corrected chi connectivity index (χ1v) is 5.51. The van der Waals surface area contributed by atoms with Gasteiger partial charge in [-0.15, -0.1) is 24.8 Å². The van der Waals surface area contributed by atoms with E-state index in [1.807, 2.05) is 0 Å². The Labute approximate surface area is 114 Å². The molecule has 0 saturated heterocycles. The van der Waals surface area contributed by atoms with Gasteiger partial charge in [0.05, 0.1) is 12.3 Å². The molecule has 4 nitrogen and oxygen atoms in total. The number of carboxylic acids is 1. The maximum absolute atomic E-state index is 12.7. The minimum Gasteiger partial charge on any atom is -0.481 e. The number of ether oxygens (including phenoxy) is 1. The average molecular weight is 320 g/mol. The number of hydrogen-bond donors (Lipinski definition) is 1. The second kappa shape index (κ2) is 6.21. The molecule has 112 valence electrons. The number of aliphatic carboxylic acids is 1. The average Bonchev–Trinajstić information content (AvgIpc) is 2.28. The first-order valence-electron chi connectivity index (χ1n) is 4.98. The summed E-state index contributed by atoms with van der Waals surface area (Å²) < 4.78 is 65.9. The fourth-order valence-corrected chi connectivity index (χ4v) is 1.63. The van der Waals surface area contributed by atoms with E-state index in [1.54, 1.807) is 0 Å². The molecule has 0 spiro atoms. The largest absolute Gasteiger partial charge is 0.573 e. The summed E-state index contributed by atoms with van der Waals surface area (Å²) in [5.74, 6) is -3.15. The van der Waals surface area contributed by atoms with Gasteiger partial charge in [-0.25, -0.2) is 8.78 Å². The Morgan fingerprint density at radius 1 is 1.45 bits per heavy atom. The molecule has 1 aromatic heterocycles. The topological polar surface area (TPSA) is 59.4 Å². The molecule has 0 fully saturated rings. The predicted octanol–water partition coefficient (Wildman–Crippen LogP) is 3.28. The molecule has 1 rings (SSSR count). The van der Waals surface area contributed by atoms with Gasteiger partial charge in [-0.05, 0) is 0 Å². The van der Waals surface area contributed by atoms with E-state index in [0.717, 1.165) is 0 Å². The number of nitrogens with zero attached hydrogens (tertiary/aromatic N) is 1. The molecule has 10 heteroatoms. The number of carboxylic acid groups (broad SMARTS) is 1. The first kappa shape index (κ1) is 16.4. The van der Waals surface area contributed by atoms with Crippen LogP contribution in [0.2, 0.25) is 0 Å². The molecule has 0 aliphatic heterocycles. The van der Waals surface area contributed by atoms with Crippen molar-refractivity contribution in [2.24, 2.45) is 0 Å². The van der Waals surface area contributed by atoms with Crippen molar-refractivity contribution in [3.63, 3.8) is 0 Å². The third-order valence-electron chi connectivity index (χ3n) is 2.13. The lowest BCUT2D eigenvalue weighted by Crippen LogP contribution is -2.21. The van der Waals surface area contributed by atoms with Crippen molar-refractivity contribution in [3.05, 3.63) is 23.0 Å². The molecule has 0 amide bonds. The number of halogens is 6. The molecular weight excluding hydrogens is 313 g/mol. The molecule has 1 heterocycles. The highest BCUT2D eigenvalue weighted by Gasteiger charge is 2.35. The number of hydrogen-bond acceptors (Lipinski definition) is 3. The van der Waals surface area contributed by atoms with Crippen LogP contribution in [0, 0.1) is 0 Å². The van der Waals surface area contributed by atoms with E-state index in [4.69, 9.17) is 16.7 Å². The molecule has 0 saturated carbocycles. The van der Waals surface area contributed by atoms with Gasteiger partial charge < -0.3 is 9.84 Å². The Kier molecular flexibility index (Phi) is 5.09. The van der Waals surface area contributed by atoms with Crippen LogP contribution in [-0.2, 0) is 17.1 Å². The zero-order valence-electron chi connectivity index (χ0n) is 9.55. The number of pyridine rings is 1. The summed E-state index contributed by atoms with van der Waals surface area (Å²) in [7, 11) is 0. The summed E-state index contributed by atoms with van der Waals surface area (Å²) in [6, 6.07) is 0. The van der Waals surface area contributed by atoms with Crippen LogP contribution in [0.5, 0.6) is 5.75 Å². The summed E-state index contributed by atoms with van der Waals surface area (Å²) in [4.78, 5) is 13.9. The van der Waals surface area contributed by atoms with Gasteiger partial charge in [0.2, 0.25) is 0 Å². The van der Waals surface area contributed by atoms with Gasteiger partial charge in [-0.2, -0.15) is 0 Å². The van der Waals surface area contributed by atoms with Crippen molar-refractivity contribution in [2.75, 3.05) is 0 Å². The second-order valence-corrected chi connectivity index (χ2v) is 3.80. The predicted molar refractivity (Wildman–Crippen MR) is 56.8 cm³/mol. The van der Waals surface area contributed by atoms with Gasteiger partial charge in [-0.3, -0.25) is 9.78 Å². The first-order chi connectivity index (χ1) is 9.15. The van der Waals surface area contributed by atoms with Crippen LogP contribution in [-0.4, -0.2) is 22.4 Å². The van der Waals surface area contributed by atoms with Crippen LogP contribution < -0.4 is 4.74 Å². The van der Waals surface area contributed by atoms with Crippen molar-refractivity contribution < 1.29 is 36.6 Å². The van der Waals surface area contributed by atoms with Crippen LogP contribution >= 0.6 is 11.6 Å². The lowest BCUT2D eigenvalue weighted by atomic mass is 10.1. The van der Waals surface area contributed by atoms with Gasteiger partial charge in [0.15, 0.2) is 0 Å². The van der Waals surface area contributed by atoms with Gasteiger partial charge in [0.25, 0.3) is 6.43 Å². The van der Waals surface area contributed by atoms with Crippen molar-refractivity contribution in [1.29, 1.82) is 0 Å². The van der Waals surface area contributed by atoms with Crippen LogP contribution in [0.1, 0.15) is 23.2 Å². The monoisotopic (exact) mass is 319 g/mol. The quantitative estimate of drug-likeness (QED) is 0.668. The highest BCUT2D eigenvalue weighted by atomic mass is 35.5. The van der Waals surface area contributed by atoms with E-state index in [0.29, 0.717) is 6.20 Å². The van der Waals surface area contributed by atoms with E-state index in [2.05, 4.69) is 9.72 Å². The highest BCUT2D eigenvalue weighted by molar-refractivity contribution is 6.17. The van der Waals surface area contributed by atoms with Crippen LogP contribution in [0.25, 0.3) is 0 Å². The van der Waals surface area contributed by atoms with Crippen molar-refractivity contribution >= 4 is 17.6 Å². The van der Waals surface area contributed by atoms with E-state index in [1.165, 1.54) is 0 Å². The maximum atomic E-state index is 12.7. The lowest BCUT2D eigenvalue weighted by molar-refractivity contribution is -0.275. The second-order valence-electron chi connectivity index (χ2n) is 3.53. The van der Waals surface area contributed by atoms with E-state index in [9.17, 15) is 26.7 Å². The zero-order chi connectivity index (χ0) is 15.5. The molecule has 20 heavy (non-hydrogen) atoms. The molecule has 0 unspecified atom stereocenters. The molecule has 0 radical (unpaired) electrons. The molecule has 1 aromatic rings. The standard InChI is InChI=1S/C10H7ClF5NO3/c11-2-4-3-17-7(9(12)13)5(1-6(18)19)8(4)20-10(14,15)16/h3,9H,1-2H2,(H,18,19). The summed E-state index contributed by atoms with van der Waals surface area (Å²) in [5, 5.41) is 8.62. The van der Waals surface area contributed by atoms with Gasteiger partial charge in [0.1, 0.15) is 11.4 Å². The Balaban J connectivity index is 3.46. The van der Waals surface area contributed by atoms with E-state index >= 15 is 0 Å². The number of alkyl halides is 6. The van der Waals surface area contributed by atoms with Crippen LogP contribution in [0.4, 0.5) is 22.0 Å². The van der Waals surface area contributed by atoms with Crippen LogP contribution in [0.15, 0.2) is 6.20 Å². The van der Waals surface area contributed by atoms with Gasteiger partial charge in [-0.1, -0.05) is 0 Å². The molecule has 0 aliphatic rings. The third kappa shape index (κ3) is 4.19. The summed E-state index contributed by atoms with van der Waals surface area (Å²) >= 11 is 5.38. The van der Waals surface area contributed by atoms with Crippen LogP contribution in [0.3, 0.4) is 0 Å². The third-order valence-corrected chi connectivity index (χ3v) is 2.42.